The molecule has 4 nitrogen and oxygen atoms in total. The van der Waals surface area contributed by atoms with Gasteiger partial charge in [-0.05, 0) is 37.8 Å². The van der Waals surface area contributed by atoms with Crippen molar-refractivity contribution in [3.8, 4) is 0 Å². The van der Waals surface area contributed by atoms with Gasteiger partial charge in [0.15, 0.2) is 0 Å². The molecular formula is C18H20N2O2. The summed E-state index contributed by atoms with van der Waals surface area (Å²) in [5.41, 5.74) is 1.50. The molecule has 0 aromatic heterocycles. The first-order valence-corrected chi connectivity index (χ1v) is 7.70. The van der Waals surface area contributed by atoms with Gasteiger partial charge in [-0.1, -0.05) is 31.2 Å². The Morgan fingerprint density at radius 3 is 2.55 bits per heavy atom. The minimum Gasteiger partial charge on any atom is -0.352 e. The number of carbonyl (C=O) groups excluding carboxylic acids is 2. The highest BCUT2D eigenvalue weighted by molar-refractivity contribution is 6.26. The van der Waals surface area contributed by atoms with E-state index in [9.17, 15) is 9.59 Å². The van der Waals surface area contributed by atoms with E-state index >= 15 is 0 Å². The molecule has 2 atom stereocenters. The molecule has 0 radical (unpaired) electrons. The van der Waals surface area contributed by atoms with E-state index in [1.54, 1.807) is 11.8 Å². The molecule has 0 bridgehead atoms. The van der Waals surface area contributed by atoms with Crippen LogP contribution in [0, 0.1) is 0 Å². The topological polar surface area (TPSA) is 49.4 Å². The van der Waals surface area contributed by atoms with E-state index < -0.39 is 6.04 Å². The van der Waals surface area contributed by atoms with E-state index in [0.29, 0.717) is 5.56 Å². The fourth-order valence-corrected chi connectivity index (χ4v) is 2.91. The highest BCUT2D eigenvalue weighted by Crippen LogP contribution is 2.38. The maximum atomic E-state index is 12.7. The summed E-state index contributed by atoms with van der Waals surface area (Å²) in [6.07, 6.45) is 0.863. The maximum absolute atomic E-state index is 12.7. The second-order valence-corrected chi connectivity index (χ2v) is 5.85. The van der Waals surface area contributed by atoms with Crippen LogP contribution in [-0.2, 0) is 4.79 Å². The second kappa shape index (κ2) is 5.44. The minimum absolute atomic E-state index is 0.0985. The number of anilines is 1. The largest absolute Gasteiger partial charge is 0.352 e. The van der Waals surface area contributed by atoms with Gasteiger partial charge in [0.1, 0.15) is 6.04 Å². The Labute approximate surface area is 130 Å². The van der Waals surface area contributed by atoms with Crippen LogP contribution in [0.4, 0.5) is 5.69 Å². The van der Waals surface area contributed by atoms with Crippen LogP contribution in [0.3, 0.4) is 0 Å². The molecule has 1 aliphatic heterocycles. The van der Waals surface area contributed by atoms with Gasteiger partial charge in [-0.2, -0.15) is 0 Å². The van der Waals surface area contributed by atoms with Crippen molar-refractivity contribution in [2.45, 2.75) is 39.3 Å². The number of rotatable bonds is 4. The molecule has 1 N–H and O–H groups in total. The summed E-state index contributed by atoms with van der Waals surface area (Å²) < 4.78 is 0. The Bertz CT molecular complexity index is 749. The van der Waals surface area contributed by atoms with Crippen molar-refractivity contribution in [1.82, 2.24) is 5.32 Å². The second-order valence-electron chi connectivity index (χ2n) is 5.85. The monoisotopic (exact) mass is 296 g/mol. The van der Waals surface area contributed by atoms with Crippen LogP contribution in [0.25, 0.3) is 10.8 Å². The Morgan fingerprint density at radius 1 is 1.18 bits per heavy atom. The summed E-state index contributed by atoms with van der Waals surface area (Å²) in [5, 5.41) is 4.92. The fraction of sp³-hybridized carbons (Fsp3) is 0.333. The number of nitrogens with zero attached hydrogens (tertiary/aromatic N) is 1. The Hall–Kier alpha value is -2.36. The van der Waals surface area contributed by atoms with Crippen LogP contribution < -0.4 is 10.2 Å². The Kier molecular flexibility index (Phi) is 3.61. The molecule has 4 heteroatoms. The lowest BCUT2D eigenvalue weighted by molar-refractivity contribution is -0.122. The lowest BCUT2D eigenvalue weighted by Gasteiger charge is -2.26. The summed E-state index contributed by atoms with van der Waals surface area (Å²) in [6, 6.07) is 11.1. The molecule has 0 unspecified atom stereocenters. The van der Waals surface area contributed by atoms with E-state index in [1.165, 1.54) is 0 Å². The molecule has 114 valence electrons. The van der Waals surface area contributed by atoms with E-state index in [4.69, 9.17) is 0 Å². The first kappa shape index (κ1) is 14.6. The van der Waals surface area contributed by atoms with Gasteiger partial charge in [0.05, 0.1) is 5.69 Å². The third-order valence-corrected chi connectivity index (χ3v) is 4.36. The number of hydrogen-bond acceptors (Lipinski definition) is 2. The van der Waals surface area contributed by atoms with Crippen molar-refractivity contribution in [2.75, 3.05) is 4.90 Å². The molecular weight excluding hydrogens is 276 g/mol. The summed E-state index contributed by atoms with van der Waals surface area (Å²) in [6.45, 7) is 5.76. The van der Waals surface area contributed by atoms with E-state index in [0.717, 1.165) is 22.9 Å². The SMILES string of the molecule is CC[C@@H](C)NC(=O)[C@H](C)N1C(=O)c2cccc3cccc1c23. The zero-order valence-electron chi connectivity index (χ0n) is 13.1. The van der Waals surface area contributed by atoms with Gasteiger partial charge in [0.2, 0.25) is 5.91 Å². The molecule has 0 saturated carbocycles. The van der Waals surface area contributed by atoms with Crippen molar-refractivity contribution in [3.63, 3.8) is 0 Å². The first-order chi connectivity index (χ1) is 10.5. The number of benzene rings is 2. The molecule has 1 heterocycles. The summed E-state index contributed by atoms with van der Waals surface area (Å²) >= 11 is 0. The van der Waals surface area contributed by atoms with Gasteiger partial charge < -0.3 is 5.32 Å². The van der Waals surface area contributed by atoms with Gasteiger partial charge in [0.25, 0.3) is 5.91 Å². The quantitative estimate of drug-likeness (QED) is 0.942. The van der Waals surface area contributed by atoms with Gasteiger partial charge in [0, 0.05) is 17.0 Å². The standard InChI is InChI=1S/C18H20N2O2/c1-4-11(2)19-17(21)12(3)20-15-10-6-8-13-7-5-9-14(16(13)15)18(20)22/h5-12H,4H2,1-3H3,(H,19,21)/t11-,12+/m1/s1. The summed E-state index contributed by atoms with van der Waals surface area (Å²) in [4.78, 5) is 26.7. The van der Waals surface area contributed by atoms with E-state index in [2.05, 4.69) is 5.32 Å². The molecule has 2 amide bonds. The van der Waals surface area contributed by atoms with Crippen molar-refractivity contribution in [1.29, 1.82) is 0 Å². The highest BCUT2D eigenvalue weighted by Gasteiger charge is 2.35. The zero-order valence-corrected chi connectivity index (χ0v) is 13.1. The van der Waals surface area contributed by atoms with Crippen LogP contribution in [0.15, 0.2) is 36.4 Å². The average Bonchev–Trinajstić information content (AvgIpc) is 2.81. The van der Waals surface area contributed by atoms with Crippen molar-refractivity contribution < 1.29 is 9.59 Å². The van der Waals surface area contributed by atoms with Crippen LogP contribution in [0.5, 0.6) is 0 Å². The molecule has 1 aliphatic rings. The molecule has 2 aromatic carbocycles. The smallest absolute Gasteiger partial charge is 0.259 e. The molecule has 0 spiro atoms. The molecule has 3 rings (SSSR count). The lowest BCUT2D eigenvalue weighted by Crippen LogP contribution is -2.48. The highest BCUT2D eigenvalue weighted by atomic mass is 16.2. The first-order valence-electron chi connectivity index (χ1n) is 7.70. The zero-order chi connectivity index (χ0) is 15.9. The van der Waals surface area contributed by atoms with Crippen LogP contribution in [0.1, 0.15) is 37.6 Å². The fourth-order valence-electron chi connectivity index (χ4n) is 2.91. The summed E-state index contributed by atoms with van der Waals surface area (Å²) in [5.74, 6) is -0.217. The van der Waals surface area contributed by atoms with Crippen molar-refractivity contribution in [2.24, 2.45) is 0 Å². The number of hydrogen-bond donors (Lipinski definition) is 1. The molecule has 0 fully saturated rings. The Morgan fingerprint density at radius 2 is 1.86 bits per heavy atom. The van der Waals surface area contributed by atoms with E-state index in [1.807, 2.05) is 50.2 Å². The molecule has 2 aromatic rings. The Balaban J connectivity index is 1.99. The maximum Gasteiger partial charge on any atom is 0.259 e. The van der Waals surface area contributed by atoms with Crippen LogP contribution >= 0.6 is 0 Å². The van der Waals surface area contributed by atoms with Gasteiger partial charge in [-0.3, -0.25) is 14.5 Å². The van der Waals surface area contributed by atoms with E-state index in [-0.39, 0.29) is 17.9 Å². The lowest BCUT2D eigenvalue weighted by atomic mass is 10.1. The number of nitrogens with one attached hydrogen (secondary N) is 1. The number of amides is 2. The number of carbonyl (C=O) groups is 2. The predicted octanol–water partition coefficient (Wildman–Crippen LogP) is 3.10. The van der Waals surface area contributed by atoms with Crippen LogP contribution in [-0.4, -0.2) is 23.9 Å². The normalized spacial score (nSPS) is 16.0. The summed E-state index contributed by atoms with van der Waals surface area (Å²) in [7, 11) is 0. The third-order valence-electron chi connectivity index (χ3n) is 4.36. The molecule has 22 heavy (non-hydrogen) atoms. The van der Waals surface area contributed by atoms with Crippen molar-refractivity contribution in [3.05, 3.63) is 42.0 Å². The predicted molar refractivity (Wildman–Crippen MR) is 88.1 cm³/mol. The van der Waals surface area contributed by atoms with Gasteiger partial charge >= 0.3 is 0 Å². The molecule has 0 saturated heterocycles. The van der Waals surface area contributed by atoms with Gasteiger partial charge in [-0.15, -0.1) is 0 Å². The molecule has 0 aliphatic carbocycles. The van der Waals surface area contributed by atoms with Gasteiger partial charge in [-0.25, -0.2) is 0 Å². The average molecular weight is 296 g/mol. The van der Waals surface area contributed by atoms with Crippen LogP contribution in [0.2, 0.25) is 0 Å². The minimum atomic E-state index is -0.528. The van der Waals surface area contributed by atoms with Crippen molar-refractivity contribution >= 4 is 28.3 Å². The third kappa shape index (κ3) is 2.15.